The lowest BCUT2D eigenvalue weighted by atomic mass is 10.1. The summed E-state index contributed by atoms with van der Waals surface area (Å²) in [6.07, 6.45) is 74.3. The first-order valence-electron chi connectivity index (χ1n) is 26.3. The van der Waals surface area contributed by atoms with Crippen LogP contribution >= 0.6 is 0 Å². The fraction of sp³-hybridized carbons (Fsp3) is 0.583. The van der Waals surface area contributed by atoms with Gasteiger partial charge in [-0.2, -0.15) is 0 Å². The minimum atomic E-state index is -0.815. The number of rotatable bonds is 45. The molecule has 0 aliphatic heterocycles. The molecular formula is C60H94O6. The quantitative estimate of drug-likeness (QED) is 0.0199. The smallest absolute Gasteiger partial charge is 0.306 e. The third-order valence-corrected chi connectivity index (χ3v) is 10.5. The number of allylic oxidation sites excluding steroid dienone is 22. The molecule has 6 heteroatoms. The number of unbranched alkanes of at least 4 members (excludes halogenated alkanes) is 17. The van der Waals surface area contributed by atoms with Gasteiger partial charge in [0.1, 0.15) is 13.2 Å². The molecule has 0 saturated carbocycles. The van der Waals surface area contributed by atoms with E-state index in [-0.39, 0.29) is 31.1 Å². The van der Waals surface area contributed by atoms with Crippen molar-refractivity contribution in [3.63, 3.8) is 0 Å². The SMILES string of the molecule is CC\C=C/C=C\C=C/C=C\C=C\C=C/CCCCCC(=O)OCC(COC(=O)CCCCCC/C=C\C/C=C\C/C=C\CC)OC(=O)CCCCCCCCC/C=C\C/C=C\CCCCC. The zero-order chi connectivity index (χ0) is 47.9. The van der Waals surface area contributed by atoms with Crippen LogP contribution in [0.5, 0.6) is 0 Å². The van der Waals surface area contributed by atoms with E-state index in [9.17, 15) is 14.4 Å². The second kappa shape index (κ2) is 53.2. The van der Waals surface area contributed by atoms with E-state index in [4.69, 9.17) is 14.2 Å². The zero-order valence-electron chi connectivity index (χ0n) is 42.1. The predicted octanol–water partition coefficient (Wildman–Crippen LogP) is 17.5. The van der Waals surface area contributed by atoms with Gasteiger partial charge < -0.3 is 14.2 Å². The molecule has 0 saturated heterocycles. The van der Waals surface area contributed by atoms with Crippen molar-refractivity contribution >= 4 is 17.9 Å². The maximum absolute atomic E-state index is 12.8. The summed E-state index contributed by atoms with van der Waals surface area (Å²) in [6.45, 7) is 6.27. The molecule has 1 unspecified atom stereocenters. The monoisotopic (exact) mass is 911 g/mol. The van der Waals surface area contributed by atoms with Crippen LogP contribution in [-0.4, -0.2) is 37.2 Å². The van der Waals surface area contributed by atoms with Crippen LogP contribution in [0.25, 0.3) is 0 Å². The van der Waals surface area contributed by atoms with Gasteiger partial charge in [0.25, 0.3) is 0 Å². The average molecular weight is 911 g/mol. The molecule has 0 N–H and O–H groups in total. The van der Waals surface area contributed by atoms with Gasteiger partial charge in [-0.15, -0.1) is 0 Å². The van der Waals surface area contributed by atoms with Gasteiger partial charge in [-0.1, -0.05) is 219 Å². The number of ether oxygens (including phenoxy) is 3. The predicted molar refractivity (Wildman–Crippen MR) is 283 cm³/mol. The summed E-state index contributed by atoms with van der Waals surface area (Å²) in [4.78, 5) is 38.0. The highest BCUT2D eigenvalue weighted by molar-refractivity contribution is 5.71. The fourth-order valence-electron chi connectivity index (χ4n) is 6.63. The summed E-state index contributed by atoms with van der Waals surface area (Å²) >= 11 is 0. The highest BCUT2D eigenvalue weighted by atomic mass is 16.6. The van der Waals surface area contributed by atoms with E-state index in [0.29, 0.717) is 19.3 Å². The molecule has 0 aromatic heterocycles. The molecule has 0 rings (SSSR count). The van der Waals surface area contributed by atoms with Crippen molar-refractivity contribution in [3.05, 3.63) is 134 Å². The molecule has 0 spiro atoms. The molecule has 0 aliphatic rings. The van der Waals surface area contributed by atoms with E-state index >= 15 is 0 Å². The first-order chi connectivity index (χ1) is 32.5. The Labute approximate surface area is 405 Å². The Morgan fingerprint density at radius 2 is 0.667 bits per heavy atom. The number of carbonyl (C=O) groups is 3. The number of hydrogen-bond acceptors (Lipinski definition) is 6. The fourth-order valence-corrected chi connectivity index (χ4v) is 6.63. The second-order valence-electron chi connectivity index (χ2n) is 16.8. The third kappa shape index (κ3) is 50.5. The standard InChI is InChI=1S/C60H94O6/c1-4-7-10-13-16-19-22-25-28-30-32-35-38-41-44-47-50-53-59(62)65-56-57(55-64-58(61)52-49-46-43-40-37-34-27-24-21-18-15-12-9-6-3)66-60(63)54-51-48-45-42-39-36-33-31-29-26-23-20-17-14-11-8-5-2/h7,9-10,12-13,16-22,25-30,32,34-35,38,57H,4-6,8,11,14-15,23-24,31,33,36-37,39-56H2,1-3H3/b10-7-,12-9-,16-13-,20-17-,21-18-,22-19-,28-25-,29-26-,32-30+,34-27-,38-35-. The van der Waals surface area contributed by atoms with Crippen LogP contribution in [0.4, 0.5) is 0 Å². The van der Waals surface area contributed by atoms with E-state index in [1.807, 2.05) is 60.8 Å². The van der Waals surface area contributed by atoms with E-state index in [1.54, 1.807) is 0 Å². The van der Waals surface area contributed by atoms with E-state index in [1.165, 1.54) is 51.4 Å². The van der Waals surface area contributed by atoms with Crippen LogP contribution in [-0.2, 0) is 28.6 Å². The maximum atomic E-state index is 12.8. The molecule has 370 valence electrons. The summed E-state index contributed by atoms with van der Waals surface area (Å²) in [5, 5.41) is 0. The molecule has 0 aromatic rings. The minimum Gasteiger partial charge on any atom is -0.462 e. The van der Waals surface area contributed by atoms with Crippen molar-refractivity contribution in [1.29, 1.82) is 0 Å². The van der Waals surface area contributed by atoms with Gasteiger partial charge in [0, 0.05) is 19.3 Å². The van der Waals surface area contributed by atoms with Crippen LogP contribution in [0, 0.1) is 0 Å². The highest BCUT2D eigenvalue weighted by Gasteiger charge is 2.19. The van der Waals surface area contributed by atoms with Crippen molar-refractivity contribution in [1.82, 2.24) is 0 Å². The minimum absolute atomic E-state index is 0.113. The largest absolute Gasteiger partial charge is 0.462 e. The lowest BCUT2D eigenvalue weighted by molar-refractivity contribution is -0.167. The summed E-state index contributed by atoms with van der Waals surface area (Å²) in [5.74, 6) is -0.994. The molecule has 1 atom stereocenters. The number of hydrogen-bond donors (Lipinski definition) is 0. The van der Waals surface area contributed by atoms with Gasteiger partial charge in [-0.3, -0.25) is 14.4 Å². The van der Waals surface area contributed by atoms with Gasteiger partial charge >= 0.3 is 17.9 Å². The van der Waals surface area contributed by atoms with Gasteiger partial charge in [-0.05, 0) is 103 Å². The average Bonchev–Trinajstić information content (AvgIpc) is 3.31. The molecule has 66 heavy (non-hydrogen) atoms. The Morgan fingerprint density at radius 1 is 0.333 bits per heavy atom. The Morgan fingerprint density at radius 3 is 1.12 bits per heavy atom. The Kier molecular flexibility index (Phi) is 49.6. The third-order valence-electron chi connectivity index (χ3n) is 10.5. The van der Waals surface area contributed by atoms with Gasteiger partial charge in [0.15, 0.2) is 6.10 Å². The van der Waals surface area contributed by atoms with Crippen molar-refractivity contribution in [3.8, 4) is 0 Å². The summed E-state index contributed by atoms with van der Waals surface area (Å²) < 4.78 is 16.8. The Hall–Kier alpha value is -4.45. The van der Waals surface area contributed by atoms with E-state index in [0.717, 1.165) is 116 Å². The first kappa shape index (κ1) is 61.5. The Balaban J connectivity index is 4.55. The molecule has 0 heterocycles. The molecule has 0 aromatic carbocycles. The summed E-state index contributed by atoms with van der Waals surface area (Å²) in [5.41, 5.74) is 0. The summed E-state index contributed by atoms with van der Waals surface area (Å²) in [6, 6.07) is 0. The van der Waals surface area contributed by atoms with Gasteiger partial charge in [0.05, 0.1) is 0 Å². The molecular weight excluding hydrogens is 817 g/mol. The zero-order valence-corrected chi connectivity index (χ0v) is 42.1. The normalized spacial score (nSPS) is 13.2. The van der Waals surface area contributed by atoms with Crippen LogP contribution in [0.3, 0.4) is 0 Å². The lowest BCUT2D eigenvalue weighted by Gasteiger charge is -2.18. The van der Waals surface area contributed by atoms with Gasteiger partial charge in [0.2, 0.25) is 0 Å². The molecule has 0 radical (unpaired) electrons. The molecule has 0 fully saturated rings. The van der Waals surface area contributed by atoms with Crippen molar-refractivity contribution in [2.24, 2.45) is 0 Å². The topological polar surface area (TPSA) is 78.9 Å². The summed E-state index contributed by atoms with van der Waals surface area (Å²) in [7, 11) is 0. The van der Waals surface area contributed by atoms with Crippen LogP contribution < -0.4 is 0 Å². The van der Waals surface area contributed by atoms with Crippen LogP contribution in [0.2, 0.25) is 0 Å². The van der Waals surface area contributed by atoms with Crippen LogP contribution in [0.1, 0.15) is 207 Å². The number of carbonyl (C=O) groups excluding carboxylic acids is 3. The molecule has 0 amide bonds. The van der Waals surface area contributed by atoms with Crippen molar-refractivity contribution in [2.75, 3.05) is 13.2 Å². The highest BCUT2D eigenvalue weighted by Crippen LogP contribution is 2.13. The molecule has 0 aliphatic carbocycles. The lowest BCUT2D eigenvalue weighted by Crippen LogP contribution is -2.30. The van der Waals surface area contributed by atoms with Crippen molar-refractivity contribution in [2.45, 2.75) is 213 Å². The Bertz CT molecular complexity index is 1460. The first-order valence-corrected chi connectivity index (χ1v) is 26.3. The number of esters is 3. The molecule has 6 nitrogen and oxygen atoms in total. The van der Waals surface area contributed by atoms with Gasteiger partial charge in [-0.25, -0.2) is 0 Å². The molecule has 0 bridgehead atoms. The maximum Gasteiger partial charge on any atom is 0.306 e. The van der Waals surface area contributed by atoms with Crippen molar-refractivity contribution < 1.29 is 28.6 Å². The van der Waals surface area contributed by atoms with E-state index in [2.05, 4.69) is 93.7 Å². The second-order valence-corrected chi connectivity index (χ2v) is 16.8. The van der Waals surface area contributed by atoms with E-state index < -0.39 is 6.10 Å². The van der Waals surface area contributed by atoms with Crippen LogP contribution in [0.15, 0.2) is 134 Å².